The van der Waals surface area contributed by atoms with E-state index in [0.717, 1.165) is 16.8 Å². The molecule has 29 heavy (non-hydrogen) atoms. The molecule has 1 aliphatic heterocycles. The monoisotopic (exact) mass is 394 g/mol. The van der Waals surface area contributed by atoms with E-state index in [1.54, 1.807) is 31.4 Å². The Morgan fingerprint density at radius 2 is 1.72 bits per heavy atom. The van der Waals surface area contributed by atoms with Crippen LogP contribution in [0.5, 0.6) is 5.75 Å². The molecule has 0 aliphatic carbocycles. The van der Waals surface area contributed by atoms with Gasteiger partial charge in [-0.25, -0.2) is 0 Å². The zero-order valence-electron chi connectivity index (χ0n) is 17.2. The molecule has 0 spiro atoms. The van der Waals surface area contributed by atoms with Crippen LogP contribution in [0.15, 0.2) is 48.2 Å². The second-order valence-electron chi connectivity index (χ2n) is 6.91. The van der Waals surface area contributed by atoms with Gasteiger partial charge in [0.25, 0.3) is 11.8 Å². The Morgan fingerprint density at radius 1 is 1.00 bits per heavy atom. The average Bonchev–Trinajstić information content (AvgIpc) is 2.94. The van der Waals surface area contributed by atoms with E-state index in [-0.39, 0.29) is 30.7 Å². The van der Waals surface area contributed by atoms with Gasteiger partial charge in [0.2, 0.25) is 0 Å². The minimum Gasteiger partial charge on any atom is -0.494 e. The van der Waals surface area contributed by atoms with Crippen molar-refractivity contribution in [1.82, 2.24) is 4.90 Å². The van der Waals surface area contributed by atoms with E-state index >= 15 is 0 Å². The SMILES string of the molecule is CCOc1ccc(C2=C(Nc3cc(C)ccc3C)C(=O)N(CCOC)C2=O)cc1. The number of carbonyl (C=O) groups is 2. The number of hydrogen-bond acceptors (Lipinski definition) is 5. The third kappa shape index (κ3) is 4.32. The molecule has 0 saturated carbocycles. The maximum absolute atomic E-state index is 13.1. The summed E-state index contributed by atoms with van der Waals surface area (Å²) in [5.41, 5.74) is 4.16. The summed E-state index contributed by atoms with van der Waals surface area (Å²) in [4.78, 5) is 27.4. The molecule has 0 bridgehead atoms. The zero-order valence-corrected chi connectivity index (χ0v) is 17.2. The lowest BCUT2D eigenvalue weighted by Crippen LogP contribution is -2.35. The molecule has 2 amide bonds. The maximum atomic E-state index is 13.1. The van der Waals surface area contributed by atoms with Crippen molar-refractivity contribution in [2.45, 2.75) is 20.8 Å². The van der Waals surface area contributed by atoms with E-state index in [0.29, 0.717) is 23.5 Å². The Kier molecular flexibility index (Phi) is 6.34. The number of ether oxygens (including phenoxy) is 2. The molecule has 1 heterocycles. The first-order valence-electron chi connectivity index (χ1n) is 9.63. The van der Waals surface area contributed by atoms with Gasteiger partial charge in [0.05, 0.1) is 25.3 Å². The fourth-order valence-corrected chi connectivity index (χ4v) is 3.24. The standard InChI is InChI=1S/C23H26N2O4/c1-5-29-18-10-8-17(9-11-18)20-21(23(27)25(22(20)26)12-13-28-4)24-19-14-15(2)6-7-16(19)3/h6-11,14,24H,5,12-13H2,1-4H3. The highest BCUT2D eigenvalue weighted by Crippen LogP contribution is 2.32. The van der Waals surface area contributed by atoms with E-state index in [1.807, 2.05) is 39.0 Å². The predicted octanol–water partition coefficient (Wildman–Crippen LogP) is 3.54. The summed E-state index contributed by atoms with van der Waals surface area (Å²) in [5, 5.41) is 3.22. The van der Waals surface area contributed by atoms with E-state index in [9.17, 15) is 9.59 Å². The lowest BCUT2D eigenvalue weighted by Gasteiger charge is -2.15. The average molecular weight is 394 g/mol. The van der Waals surface area contributed by atoms with Gasteiger partial charge in [0.1, 0.15) is 11.4 Å². The van der Waals surface area contributed by atoms with Crippen LogP contribution in [-0.4, -0.2) is 43.6 Å². The van der Waals surface area contributed by atoms with Crippen LogP contribution in [0.4, 0.5) is 5.69 Å². The van der Waals surface area contributed by atoms with Crippen LogP contribution in [0.1, 0.15) is 23.6 Å². The number of amides is 2. The summed E-state index contributed by atoms with van der Waals surface area (Å²) in [6, 6.07) is 13.2. The van der Waals surface area contributed by atoms with Crippen molar-refractivity contribution in [1.29, 1.82) is 0 Å². The Labute approximate surface area is 171 Å². The first kappa shape index (κ1) is 20.6. The molecule has 3 rings (SSSR count). The minimum atomic E-state index is -0.350. The molecule has 0 saturated heterocycles. The highest BCUT2D eigenvalue weighted by molar-refractivity contribution is 6.36. The summed E-state index contributed by atoms with van der Waals surface area (Å²) in [6.45, 7) is 6.90. The number of nitrogens with one attached hydrogen (secondary N) is 1. The predicted molar refractivity (Wildman–Crippen MR) is 113 cm³/mol. The molecule has 0 atom stereocenters. The number of anilines is 1. The third-order valence-electron chi connectivity index (χ3n) is 4.79. The lowest BCUT2D eigenvalue weighted by atomic mass is 10.0. The Morgan fingerprint density at radius 3 is 2.38 bits per heavy atom. The van der Waals surface area contributed by atoms with Crippen LogP contribution < -0.4 is 10.1 Å². The normalized spacial score (nSPS) is 14.0. The minimum absolute atomic E-state index is 0.201. The van der Waals surface area contributed by atoms with Crippen molar-refractivity contribution >= 4 is 23.1 Å². The van der Waals surface area contributed by atoms with Crippen LogP contribution in [0, 0.1) is 13.8 Å². The van der Waals surface area contributed by atoms with Crippen molar-refractivity contribution in [2.75, 3.05) is 32.2 Å². The van der Waals surface area contributed by atoms with Crippen molar-refractivity contribution in [3.8, 4) is 5.75 Å². The Bertz CT molecular complexity index is 948. The van der Waals surface area contributed by atoms with Crippen LogP contribution in [-0.2, 0) is 14.3 Å². The lowest BCUT2D eigenvalue weighted by molar-refractivity contribution is -0.137. The molecule has 0 radical (unpaired) electrons. The van der Waals surface area contributed by atoms with Gasteiger partial charge in [0, 0.05) is 12.8 Å². The molecule has 1 N–H and O–H groups in total. The second kappa shape index (κ2) is 8.92. The van der Waals surface area contributed by atoms with Crippen LogP contribution in [0.3, 0.4) is 0 Å². The van der Waals surface area contributed by atoms with Gasteiger partial charge in [-0.3, -0.25) is 14.5 Å². The zero-order chi connectivity index (χ0) is 21.0. The molecular formula is C23H26N2O4. The van der Waals surface area contributed by atoms with Crippen molar-refractivity contribution in [3.05, 3.63) is 64.9 Å². The summed E-state index contributed by atoms with van der Waals surface area (Å²) in [7, 11) is 1.54. The topological polar surface area (TPSA) is 67.9 Å². The summed E-state index contributed by atoms with van der Waals surface area (Å²) >= 11 is 0. The smallest absolute Gasteiger partial charge is 0.278 e. The number of nitrogens with zero attached hydrogens (tertiary/aromatic N) is 1. The van der Waals surface area contributed by atoms with Crippen molar-refractivity contribution < 1.29 is 19.1 Å². The number of methoxy groups -OCH3 is 1. The highest BCUT2D eigenvalue weighted by Gasteiger charge is 2.39. The van der Waals surface area contributed by atoms with E-state index in [2.05, 4.69) is 5.32 Å². The third-order valence-corrected chi connectivity index (χ3v) is 4.79. The van der Waals surface area contributed by atoms with Crippen LogP contribution in [0.2, 0.25) is 0 Å². The number of hydrogen-bond donors (Lipinski definition) is 1. The van der Waals surface area contributed by atoms with Gasteiger partial charge in [-0.2, -0.15) is 0 Å². The summed E-state index contributed by atoms with van der Waals surface area (Å²) < 4.78 is 10.6. The maximum Gasteiger partial charge on any atom is 0.278 e. The van der Waals surface area contributed by atoms with Gasteiger partial charge in [0.15, 0.2) is 0 Å². The molecule has 0 aromatic heterocycles. The van der Waals surface area contributed by atoms with E-state index < -0.39 is 0 Å². The van der Waals surface area contributed by atoms with Gasteiger partial charge < -0.3 is 14.8 Å². The quantitative estimate of drug-likeness (QED) is 0.694. The molecule has 2 aromatic rings. The Hall–Kier alpha value is -3.12. The second-order valence-corrected chi connectivity index (χ2v) is 6.91. The van der Waals surface area contributed by atoms with Crippen LogP contribution in [0.25, 0.3) is 5.57 Å². The largest absolute Gasteiger partial charge is 0.494 e. The molecule has 6 nitrogen and oxygen atoms in total. The fourth-order valence-electron chi connectivity index (χ4n) is 3.24. The molecule has 2 aromatic carbocycles. The van der Waals surface area contributed by atoms with E-state index in [1.165, 1.54) is 4.90 Å². The summed E-state index contributed by atoms with van der Waals surface area (Å²) in [6.07, 6.45) is 0. The first-order valence-corrected chi connectivity index (χ1v) is 9.63. The molecular weight excluding hydrogens is 368 g/mol. The molecule has 0 unspecified atom stereocenters. The molecule has 152 valence electrons. The Balaban J connectivity index is 2.04. The van der Waals surface area contributed by atoms with Gasteiger partial charge in [-0.05, 0) is 55.7 Å². The number of carbonyl (C=O) groups excluding carboxylic acids is 2. The van der Waals surface area contributed by atoms with E-state index in [4.69, 9.17) is 9.47 Å². The molecule has 1 aliphatic rings. The number of benzene rings is 2. The fraction of sp³-hybridized carbons (Fsp3) is 0.304. The van der Waals surface area contributed by atoms with Gasteiger partial charge >= 0.3 is 0 Å². The number of rotatable bonds is 8. The van der Waals surface area contributed by atoms with Gasteiger partial charge in [-0.15, -0.1) is 0 Å². The van der Waals surface area contributed by atoms with Crippen molar-refractivity contribution in [3.63, 3.8) is 0 Å². The summed E-state index contributed by atoms with van der Waals surface area (Å²) in [5.74, 6) is 0.0368. The van der Waals surface area contributed by atoms with Crippen molar-refractivity contribution in [2.24, 2.45) is 0 Å². The molecule has 0 fully saturated rings. The van der Waals surface area contributed by atoms with Gasteiger partial charge in [-0.1, -0.05) is 24.3 Å². The highest BCUT2D eigenvalue weighted by atomic mass is 16.5. The van der Waals surface area contributed by atoms with Crippen LogP contribution >= 0.6 is 0 Å². The number of aryl methyl sites for hydroxylation is 2. The first-order chi connectivity index (χ1) is 14.0. The number of imide groups is 1. The molecule has 6 heteroatoms.